The van der Waals surface area contributed by atoms with Crippen LogP contribution in [0.15, 0.2) is 30.9 Å². The largest absolute Gasteiger partial charge is 0.493 e. The van der Waals surface area contributed by atoms with E-state index in [-0.39, 0.29) is 5.91 Å². The van der Waals surface area contributed by atoms with Crippen LogP contribution in [0.1, 0.15) is 6.42 Å². The molecular weight excluding hydrogens is 286 g/mol. The van der Waals surface area contributed by atoms with Gasteiger partial charge in [-0.3, -0.25) is 4.79 Å². The smallest absolute Gasteiger partial charge is 0.226 e. The van der Waals surface area contributed by atoms with Crippen LogP contribution in [0, 0.1) is 0 Å². The number of nitrogens with one attached hydrogen (secondary N) is 1. The molecule has 0 saturated heterocycles. The number of aryl methyl sites for hydroxylation is 1. The summed E-state index contributed by atoms with van der Waals surface area (Å²) in [6.07, 6.45) is 5.50. The normalized spacial score (nSPS) is 10.1. The number of imidazole rings is 1. The molecule has 1 amide bonds. The van der Waals surface area contributed by atoms with E-state index >= 15 is 0 Å². The van der Waals surface area contributed by atoms with Crippen molar-refractivity contribution in [3.63, 3.8) is 0 Å². The van der Waals surface area contributed by atoms with Crippen molar-refractivity contribution in [3.05, 3.63) is 30.9 Å². The first-order chi connectivity index (χ1) is 10.7. The molecule has 0 aliphatic rings. The first-order valence-corrected chi connectivity index (χ1v) is 6.73. The lowest BCUT2D eigenvalue weighted by molar-refractivity contribution is -0.116. The van der Waals surface area contributed by atoms with E-state index in [2.05, 4.69) is 10.3 Å². The Bertz CT molecular complexity index is 601. The van der Waals surface area contributed by atoms with Crippen molar-refractivity contribution >= 4 is 11.6 Å². The molecule has 7 heteroatoms. The van der Waals surface area contributed by atoms with Crippen molar-refractivity contribution in [2.24, 2.45) is 0 Å². The van der Waals surface area contributed by atoms with E-state index in [1.807, 2.05) is 10.8 Å². The van der Waals surface area contributed by atoms with Gasteiger partial charge in [0, 0.05) is 43.2 Å². The maximum Gasteiger partial charge on any atom is 0.226 e. The summed E-state index contributed by atoms with van der Waals surface area (Å²) >= 11 is 0. The third-order valence-corrected chi connectivity index (χ3v) is 3.10. The molecule has 0 spiro atoms. The van der Waals surface area contributed by atoms with Gasteiger partial charge < -0.3 is 24.1 Å². The van der Waals surface area contributed by atoms with Crippen LogP contribution in [0.4, 0.5) is 5.69 Å². The summed E-state index contributed by atoms with van der Waals surface area (Å²) in [5.74, 6) is 1.36. The fraction of sp³-hybridized carbons (Fsp3) is 0.333. The number of ether oxygens (including phenoxy) is 3. The number of amides is 1. The predicted octanol–water partition coefficient (Wildman–Crippen LogP) is 1.94. The zero-order valence-corrected chi connectivity index (χ0v) is 12.8. The third-order valence-electron chi connectivity index (χ3n) is 3.10. The van der Waals surface area contributed by atoms with Gasteiger partial charge in [-0.15, -0.1) is 0 Å². The van der Waals surface area contributed by atoms with Gasteiger partial charge in [-0.1, -0.05) is 0 Å². The highest BCUT2D eigenvalue weighted by atomic mass is 16.5. The van der Waals surface area contributed by atoms with Crippen LogP contribution >= 0.6 is 0 Å². The maximum absolute atomic E-state index is 12.0. The van der Waals surface area contributed by atoms with Crippen molar-refractivity contribution in [1.82, 2.24) is 9.55 Å². The monoisotopic (exact) mass is 305 g/mol. The number of anilines is 1. The minimum absolute atomic E-state index is 0.108. The van der Waals surface area contributed by atoms with E-state index in [1.165, 1.54) is 21.3 Å². The predicted molar refractivity (Wildman–Crippen MR) is 81.6 cm³/mol. The Morgan fingerprint density at radius 3 is 2.36 bits per heavy atom. The molecule has 22 heavy (non-hydrogen) atoms. The van der Waals surface area contributed by atoms with Crippen molar-refractivity contribution in [2.45, 2.75) is 13.0 Å². The molecular formula is C15H19N3O4. The fourth-order valence-electron chi connectivity index (χ4n) is 2.03. The number of hydrogen-bond acceptors (Lipinski definition) is 5. The number of benzene rings is 1. The van der Waals surface area contributed by atoms with Gasteiger partial charge in [0.1, 0.15) is 0 Å². The Morgan fingerprint density at radius 2 is 1.86 bits per heavy atom. The Morgan fingerprint density at radius 1 is 1.18 bits per heavy atom. The summed E-state index contributed by atoms with van der Waals surface area (Å²) in [5.41, 5.74) is 0.588. The minimum atomic E-state index is -0.108. The SMILES string of the molecule is COc1cc(NC(=O)CCn2ccnc2)cc(OC)c1OC. The van der Waals surface area contributed by atoms with Crippen molar-refractivity contribution in [1.29, 1.82) is 0 Å². The van der Waals surface area contributed by atoms with Gasteiger partial charge >= 0.3 is 0 Å². The van der Waals surface area contributed by atoms with Crippen LogP contribution in [0.2, 0.25) is 0 Å². The Hall–Kier alpha value is -2.70. The topological polar surface area (TPSA) is 74.6 Å². The van der Waals surface area contributed by atoms with E-state index in [0.29, 0.717) is 35.9 Å². The summed E-state index contributed by atoms with van der Waals surface area (Å²) in [5, 5.41) is 2.82. The van der Waals surface area contributed by atoms with Crippen LogP contribution in [0.5, 0.6) is 17.2 Å². The summed E-state index contributed by atoms with van der Waals surface area (Å²) in [7, 11) is 4.59. The molecule has 0 fully saturated rings. The van der Waals surface area contributed by atoms with Crippen LogP contribution < -0.4 is 19.5 Å². The first kappa shape index (κ1) is 15.7. The number of methoxy groups -OCH3 is 3. The standard InChI is InChI=1S/C15H19N3O4/c1-20-12-8-11(9-13(21-2)15(12)22-3)17-14(19)4-6-18-7-5-16-10-18/h5,7-10H,4,6H2,1-3H3,(H,17,19). The summed E-state index contributed by atoms with van der Waals surface area (Å²) in [6.45, 7) is 0.566. The van der Waals surface area contributed by atoms with Gasteiger partial charge in [-0.05, 0) is 0 Å². The second-order valence-corrected chi connectivity index (χ2v) is 4.51. The van der Waals surface area contributed by atoms with Crippen LogP contribution in [-0.2, 0) is 11.3 Å². The van der Waals surface area contributed by atoms with Crippen molar-refractivity contribution in [3.8, 4) is 17.2 Å². The molecule has 2 aromatic rings. The van der Waals surface area contributed by atoms with Gasteiger partial charge in [0.05, 0.1) is 27.7 Å². The van der Waals surface area contributed by atoms with Gasteiger partial charge in [0.15, 0.2) is 11.5 Å². The lowest BCUT2D eigenvalue weighted by atomic mass is 10.2. The van der Waals surface area contributed by atoms with Crippen molar-refractivity contribution in [2.75, 3.05) is 26.6 Å². The lowest BCUT2D eigenvalue weighted by Crippen LogP contribution is -2.14. The molecule has 0 saturated carbocycles. The number of carbonyl (C=O) groups is 1. The second-order valence-electron chi connectivity index (χ2n) is 4.51. The van der Waals surface area contributed by atoms with Gasteiger partial charge in [-0.2, -0.15) is 0 Å². The molecule has 7 nitrogen and oxygen atoms in total. The average molecular weight is 305 g/mol. The lowest BCUT2D eigenvalue weighted by Gasteiger charge is -2.14. The quantitative estimate of drug-likeness (QED) is 0.846. The molecule has 1 N–H and O–H groups in total. The molecule has 118 valence electrons. The zero-order valence-electron chi connectivity index (χ0n) is 12.8. The maximum atomic E-state index is 12.0. The number of hydrogen-bond donors (Lipinski definition) is 1. The highest BCUT2D eigenvalue weighted by Gasteiger charge is 2.14. The van der Waals surface area contributed by atoms with Crippen LogP contribution in [-0.4, -0.2) is 36.8 Å². The summed E-state index contributed by atoms with van der Waals surface area (Å²) < 4.78 is 17.6. The van der Waals surface area contributed by atoms with Crippen molar-refractivity contribution < 1.29 is 19.0 Å². The molecule has 0 atom stereocenters. The van der Waals surface area contributed by atoms with E-state index in [1.54, 1.807) is 24.7 Å². The number of aromatic nitrogens is 2. The Labute approximate surface area is 128 Å². The third kappa shape index (κ3) is 3.69. The summed E-state index contributed by atoms with van der Waals surface area (Å²) in [4.78, 5) is 15.9. The molecule has 0 bridgehead atoms. The Balaban J connectivity index is 2.06. The average Bonchev–Trinajstić information content (AvgIpc) is 3.05. The number of rotatable bonds is 7. The zero-order chi connectivity index (χ0) is 15.9. The molecule has 1 heterocycles. The highest BCUT2D eigenvalue weighted by molar-refractivity contribution is 5.91. The molecule has 1 aromatic carbocycles. The fourth-order valence-corrected chi connectivity index (χ4v) is 2.03. The molecule has 2 rings (SSSR count). The minimum Gasteiger partial charge on any atom is -0.493 e. The van der Waals surface area contributed by atoms with Gasteiger partial charge in [0.25, 0.3) is 0 Å². The van der Waals surface area contributed by atoms with E-state index in [4.69, 9.17) is 14.2 Å². The first-order valence-electron chi connectivity index (χ1n) is 6.73. The van der Waals surface area contributed by atoms with E-state index in [9.17, 15) is 4.79 Å². The number of carbonyl (C=O) groups excluding carboxylic acids is 1. The molecule has 0 unspecified atom stereocenters. The van der Waals surface area contributed by atoms with Crippen LogP contribution in [0.3, 0.4) is 0 Å². The number of nitrogens with zero attached hydrogens (tertiary/aromatic N) is 2. The Kier molecular flexibility index (Phi) is 5.24. The summed E-state index contributed by atoms with van der Waals surface area (Å²) in [6, 6.07) is 3.38. The molecule has 0 aliphatic carbocycles. The molecule has 0 aliphatic heterocycles. The van der Waals surface area contributed by atoms with Crippen LogP contribution in [0.25, 0.3) is 0 Å². The molecule has 0 radical (unpaired) electrons. The van der Waals surface area contributed by atoms with E-state index < -0.39 is 0 Å². The second kappa shape index (κ2) is 7.35. The van der Waals surface area contributed by atoms with Gasteiger partial charge in [-0.25, -0.2) is 4.98 Å². The highest BCUT2D eigenvalue weighted by Crippen LogP contribution is 2.39. The van der Waals surface area contributed by atoms with E-state index in [0.717, 1.165) is 0 Å². The molecule has 1 aromatic heterocycles. The van der Waals surface area contributed by atoms with Gasteiger partial charge in [0.2, 0.25) is 11.7 Å².